The summed E-state index contributed by atoms with van der Waals surface area (Å²) in [6.45, 7) is 4.34. The van der Waals surface area contributed by atoms with Crippen molar-refractivity contribution in [2.24, 2.45) is 0 Å². The van der Waals surface area contributed by atoms with Gasteiger partial charge in [0.1, 0.15) is 5.82 Å². The molecule has 0 atom stereocenters. The molecule has 0 fully saturated rings. The lowest BCUT2D eigenvalue weighted by molar-refractivity contribution is 0.785. The van der Waals surface area contributed by atoms with E-state index in [0.717, 1.165) is 36.1 Å². The van der Waals surface area contributed by atoms with Gasteiger partial charge in [0.05, 0.1) is 11.0 Å². The second kappa shape index (κ2) is 5.49. The Bertz CT molecular complexity index is 692. The summed E-state index contributed by atoms with van der Waals surface area (Å²) in [5.41, 5.74) is 6.36. The Labute approximate surface area is 119 Å². The Morgan fingerprint density at radius 2 is 1.80 bits per heavy atom. The van der Waals surface area contributed by atoms with Gasteiger partial charge in [0.15, 0.2) is 0 Å². The molecule has 0 unspecified atom stereocenters. The highest BCUT2D eigenvalue weighted by atomic mass is 14.9. The molecule has 2 heteroatoms. The molecule has 1 heterocycles. The zero-order valence-electron chi connectivity index (χ0n) is 12.1. The van der Waals surface area contributed by atoms with E-state index >= 15 is 0 Å². The van der Waals surface area contributed by atoms with Crippen molar-refractivity contribution in [1.82, 2.24) is 9.97 Å². The summed E-state index contributed by atoms with van der Waals surface area (Å²) in [6, 6.07) is 15.0. The highest BCUT2D eigenvalue weighted by Gasteiger charge is 2.02. The van der Waals surface area contributed by atoms with Gasteiger partial charge in [-0.2, -0.15) is 0 Å². The summed E-state index contributed by atoms with van der Waals surface area (Å²) in [6.07, 6.45) is 3.24. The quantitative estimate of drug-likeness (QED) is 0.745. The molecule has 3 aromatic rings. The number of aromatic amines is 1. The minimum absolute atomic E-state index is 1.00. The van der Waals surface area contributed by atoms with Gasteiger partial charge in [0.25, 0.3) is 0 Å². The Morgan fingerprint density at radius 1 is 0.950 bits per heavy atom. The van der Waals surface area contributed by atoms with Crippen LogP contribution in [0.3, 0.4) is 0 Å². The monoisotopic (exact) mass is 264 g/mol. The van der Waals surface area contributed by atoms with Gasteiger partial charge in [-0.1, -0.05) is 30.3 Å². The fourth-order valence-corrected chi connectivity index (χ4v) is 2.54. The third-order valence-electron chi connectivity index (χ3n) is 3.89. The number of nitrogens with one attached hydrogen (secondary N) is 1. The summed E-state index contributed by atoms with van der Waals surface area (Å²) in [7, 11) is 0. The SMILES string of the molecule is Cc1ccc(CCCc2nc3ccccc3[nH]2)cc1C. The predicted octanol–water partition coefficient (Wildman–Crippen LogP) is 4.36. The zero-order chi connectivity index (χ0) is 13.9. The molecule has 0 aliphatic rings. The highest BCUT2D eigenvalue weighted by Crippen LogP contribution is 2.14. The van der Waals surface area contributed by atoms with Crippen LogP contribution >= 0.6 is 0 Å². The molecule has 0 saturated carbocycles. The number of benzene rings is 2. The third-order valence-corrected chi connectivity index (χ3v) is 3.89. The molecular weight excluding hydrogens is 244 g/mol. The number of hydrogen-bond donors (Lipinski definition) is 1. The number of aryl methyl sites for hydroxylation is 4. The van der Waals surface area contributed by atoms with Crippen molar-refractivity contribution in [3.63, 3.8) is 0 Å². The van der Waals surface area contributed by atoms with Gasteiger partial charge in [-0.15, -0.1) is 0 Å². The van der Waals surface area contributed by atoms with Crippen molar-refractivity contribution in [1.29, 1.82) is 0 Å². The first-order valence-corrected chi connectivity index (χ1v) is 7.22. The van der Waals surface area contributed by atoms with Crippen LogP contribution in [0, 0.1) is 13.8 Å². The maximum Gasteiger partial charge on any atom is 0.107 e. The molecule has 102 valence electrons. The number of rotatable bonds is 4. The van der Waals surface area contributed by atoms with Crippen molar-refractivity contribution in [2.45, 2.75) is 33.1 Å². The standard InChI is InChI=1S/C18H20N2/c1-13-10-11-15(12-14(13)2)6-5-9-18-19-16-7-3-4-8-17(16)20-18/h3-4,7-8,10-12H,5-6,9H2,1-2H3,(H,19,20). The molecule has 2 nitrogen and oxygen atoms in total. The number of hydrogen-bond acceptors (Lipinski definition) is 1. The highest BCUT2D eigenvalue weighted by molar-refractivity contribution is 5.74. The van der Waals surface area contributed by atoms with Crippen LogP contribution in [-0.4, -0.2) is 9.97 Å². The van der Waals surface area contributed by atoms with Crippen LogP contribution in [0.1, 0.15) is 28.9 Å². The Morgan fingerprint density at radius 3 is 2.60 bits per heavy atom. The molecule has 0 radical (unpaired) electrons. The van der Waals surface area contributed by atoms with E-state index in [4.69, 9.17) is 0 Å². The largest absolute Gasteiger partial charge is 0.342 e. The van der Waals surface area contributed by atoms with Gasteiger partial charge in [-0.3, -0.25) is 0 Å². The first-order chi connectivity index (χ1) is 9.72. The molecular formula is C18H20N2. The van der Waals surface area contributed by atoms with Crippen molar-refractivity contribution in [2.75, 3.05) is 0 Å². The predicted molar refractivity (Wildman–Crippen MR) is 84.0 cm³/mol. The second-order valence-electron chi connectivity index (χ2n) is 5.47. The van der Waals surface area contributed by atoms with Gasteiger partial charge in [-0.25, -0.2) is 4.98 Å². The van der Waals surface area contributed by atoms with Gasteiger partial charge in [0, 0.05) is 6.42 Å². The van der Waals surface area contributed by atoms with Crippen molar-refractivity contribution in [3.05, 3.63) is 65.0 Å². The fraction of sp³-hybridized carbons (Fsp3) is 0.278. The summed E-state index contributed by atoms with van der Waals surface area (Å²) >= 11 is 0. The van der Waals surface area contributed by atoms with Crippen LogP contribution in [0.15, 0.2) is 42.5 Å². The first-order valence-electron chi connectivity index (χ1n) is 7.22. The molecule has 0 aliphatic heterocycles. The average Bonchev–Trinajstić information content (AvgIpc) is 2.85. The molecule has 0 saturated heterocycles. The molecule has 0 bridgehead atoms. The molecule has 0 aliphatic carbocycles. The number of imidazole rings is 1. The lowest BCUT2D eigenvalue weighted by Crippen LogP contribution is -1.93. The molecule has 1 N–H and O–H groups in total. The average molecular weight is 264 g/mol. The second-order valence-corrected chi connectivity index (χ2v) is 5.47. The van der Waals surface area contributed by atoms with E-state index in [1.807, 2.05) is 12.1 Å². The summed E-state index contributed by atoms with van der Waals surface area (Å²) in [5.74, 6) is 1.09. The summed E-state index contributed by atoms with van der Waals surface area (Å²) < 4.78 is 0. The van der Waals surface area contributed by atoms with E-state index in [2.05, 4.69) is 54.1 Å². The number of para-hydroxylation sites is 2. The molecule has 1 aromatic heterocycles. The molecule has 0 spiro atoms. The van der Waals surface area contributed by atoms with Gasteiger partial charge in [0.2, 0.25) is 0 Å². The molecule has 3 rings (SSSR count). The molecule has 20 heavy (non-hydrogen) atoms. The summed E-state index contributed by atoms with van der Waals surface area (Å²) in [4.78, 5) is 8.01. The normalized spacial score (nSPS) is 11.1. The van der Waals surface area contributed by atoms with Gasteiger partial charge in [-0.05, 0) is 55.5 Å². The topological polar surface area (TPSA) is 28.7 Å². The Hall–Kier alpha value is -2.09. The minimum atomic E-state index is 1.00. The molecule has 2 aromatic carbocycles. The maximum absolute atomic E-state index is 4.62. The van der Waals surface area contributed by atoms with Gasteiger partial charge < -0.3 is 4.98 Å². The summed E-state index contributed by atoms with van der Waals surface area (Å²) in [5, 5.41) is 0. The maximum atomic E-state index is 4.62. The van der Waals surface area contributed by atoms with Crippen LogP contribution in [0.2, 0.25) is 0 Å². The van der Waals surface area contributed by atoms with Crippen molar-refractivity contribution >= 4 is 11.0 Å². The van der Waals surface area contributed by atoms with E-state index in [0.29, 0.717) is 0 Å². The van der Waals surface area contributed by atoms with E-state index in [-0.39, 0.29) is 0 Å². The Kier molecular flexibility index (Phi) is 3.55. The lowest BCUT2D eigenvalue weighted by Gasteiger charge is -2.04. The smallest absolute Gasteiger partial charge is 0.107 e. The van der Waals surface area contributed by atoms with E-state index in [9.17, 15) is 0 Å². The number of fused-ring (bicyclic) bond motifs is 1. The molecule has 0 amide bonds. The fourth-order valence-electron chi connectivity index (χ4n) is 2.54. The number of nitrogens with zero attached hydrogens (tertiary/aromatic N) is 1. The van der Waals surface area contributed by atoms with Crippen LogP contribution < -0.4 is 0 Å². The number of aromatic nitrogens is 2. The van der Waals surface area contributed by atoms with Crippen LogP contribution in [0.4, 0.5) is 0 Å². The van der Waals surface area contributed by atoms with Crippen LogP contribution in [-0.2, 0) is 12.8 Å². The van der Waals surface area contributed by atoms with Crippen molar-refractivity contribution in [3.8, 4) is 0 Å². The van der Waals surface area contributed by atoms with Gasteiger partial charge >= 0.3 is 0 Å². The van der Waals surface area contributed by atoms with E-state index in [1.165, 1.54) is 16.7 Å². The van der Waals surface area contributed by atoms with Crippen LogP contribution in [0.5, 0.6) is 0 Å². The zero-order valence-corrected chi connectivity index (χ0v) is 12.1. The van der Waals surface area contributed by atoms with E-state index < -0.39 is 0 Å². The van der Waals surface area contributed by atoms with Crippen LogP contribution in [0.25, 0.3) is 11.0 Å². The first kappa shape index (κ1) is 12.9. The van der Waals surface area contributed by atoms with Crippen molar-refractivity contribution < 1.29 is 0 Å². The third kappa shape index (κ3) is 2.74. The number of H-pyrrole nitrogens is 1. The Balaban J connectivity index is 1.63. The lowest BCUT2D eigenvalue weighted by atomic mass is 10.0. The van der Waals surface area contributed by atoms with E-state index in [1.54, 1.807) is 0 Å². The minimum Gasteiger partial charge on any atom is -0.342 e.